The molecule has 0 bridgehead atoms. The predicted molar refractivity (Wildman–Crippen MR) is 74.3 cm³/mol. The summed E-state index contributed by atoms with van der Waals surface area (Å²) in [5.41, 5.74) is 1.52. The zero-order valence-electron chi connectivity index (χ0n) is 10.3. The van der Waals surface area contributed by atoms with Gasteiger partial charge < -0.3 is 4.55 Å². The van der Waals surface area contributed by atoms with E-state index in [4.69, 9.17) is 0 Å². The minimum absolute atomic E-state index is 0.349. The van der Waals surface area contributed by atoms with Crippen LogP contribution in [0.5, 0.6) is 0 Å². The second-order valence-corrected chi connectivity index (χ2v) is 7.51. The molecule has 17 heavy (non-hydrogen) atoms. The van der Waals surface area contributed by atoms with E-state index in [1.165, 1.54) is 12.3 Å². The molecule has 0 unspecified atom stereocenters. The third kappa shape index (κ3) is 4.08. The SMILES string of the molecule is Cc1cc(Br)c(F)cc1C=N[S@@+]([O-])C(C)(C)C. The molecule has 0 N–H and O–H groups in total. The van der Waals surface area contributed by atoms with Gasteiger partial charge in [-0.1, -0.05) is 4.40 Å². The summed E-state index contributed by atoms with van der Waals surface area (Å²) in [5, 5.41) is 0. The van der Waals surface area contributed by atoms with E-state index >= 15 is 0 Å². The van der Waals surface area contributed by atoms with Gasteiger partial charge in [0.2, 0.25) is 0 Å². The zero-order chi connectivity index (χ0) is 13.2. The van der Waals surface area contributed by atoms with E-state index in [0.29, 0.717) is 10.0 Å². The molecule has 5 heteroatoms. The van der Waals surface area contributed by atoms with Crippen molar-refractivity contribution in [2.45, 2.75) is 32.4 Å². The predicted octanol–water partition coefficient (Wildman–Crippen LogP) is 3.78. The summed E-state index contributed by atoms with van der Waals surface area (Å²) in [6.07, 6.45) is 1.46. The third-order valence-electron chi connectivity index (χ3n) is 2.12. The lowest BCUT2D eigenvalue weighted by Crippen LogP contribution is -2.25. The first-order chi connectivity index (χ1) is 7.71. The second kappa shape index (κ2) is 5.50. The Morgan fingerprint density at radius 2 is 2.00 bits per heavy atom. The molecule has 0 fully saturated rings. The van der Waals surface area contributed by atoms with Crippen molar-refractivity contribution >= 4 is 33.5 Å². The molecule has 1 aromatic rings. The molecule has 0 amide bonds. The summed E-state index contributed by atoms with van der Waals surface area (Å²) in [4.78, 5) is 0. The van der Waals surface area contributed by atoms with Gasteiger partial charge in [-0.25, -0.2) is 4.39 Å². The maximum absolute atomic E-state index is 13.3. The van der Waals surface area contributed by atoms with Crippen molar-refractivity contribution in [2.75, 3.05) is 0 Å². The molecule has 94 valence electrons. The van der Waals surface area contributed by atoms with Crippen molar-refractivity contribution in [1.82, 2.24) is 0 Å². The Balaban J connectivity index is 2.96. The van der Waals surface area contributed by atoms with Crippen LogP contribution in [0.1, 0.15) is 31.9 Å². The molecule has 0 spiro atoms. The Hall–Kier alpha value is -0.390. The summed E-state index contributed by atoms with van der Waals surface area (Å²) < 4.78 is 29.0. The van der Waals surface area contributed by atoms with Crippen LogP contribution in [-0.4, -0.2) is 15.5 Å². The van der Waals surface area contributed by atoms with Crippen molar-refractivity contribution < 1.29 is 8.94 Å². The molecule has 0 aliphatic carbocycles. The first-order valence-corrected chi connectivity index (χ1v) is 7.03. The number of halogens is 2. The lowest BCUT2D eigenvalue weighted by atomic mass is 10.1. The fraction of sp³-hybridized carbons (Fsp3) is 0.417. The largest absolute Gasteiger partial charge is 0.591 e. The molecule has 0 saturated heterocycles. The Morgan fingerprint density at radius 1 is 1.41 bits per heavy atom. The molecule has 0 heterocycles. The van der Waals surface area contributed by atoms with Crippen LogP contribution in [0.15, 0.2) is 21.0 Å². The molecule has 0 aliphatic rings. The van der Waals surface area contributed by atoms with E-state index in [1.807, 2.05) is 27.7 Å². The van der Waals surface area contributed by atoms with Crippen LogP contribution in [0.3, 0.4) is 0 Å². The number of nitrogens with zero attached hydrogens (tertiary/aromatic N) is 1. The fourth-order valence-electron chi connectivity index (χ4n) is 1.06. The Labute approximate surface area is 113 Å². The smallest absolute Gasteiger partial charge is 0.144 e. The Kier molecular flexibility index (Phi) is 4.75. The molecule has 0 saturated carbocycles. The fourth-order valence-corrected chi connectivity index (χ4v) is 2.05. The summed E-state index contributed by atoms with van der Waals surface area (Å²) in [6, 6.07) is 3.06. The Bertz CT molecular complexity index is 443. The minimum Gasteiger partial charge on any atom is -0.591 e. The summed E-state index contributed by atoms with van der Waals surface area (Å²) in [6.45, 7) is 7.38. The van der Waals surface area contributed by atoms with Gasteiger partial charge in [0.1, 0.15) is 21.9 Å². The van der Waals surface area contributed by atoms with Crippen LogP contribution >= 0.6 is 15.9 Å². The van der Waals surface area contributed by atoms with E-state index in [2.05, 4.69) is 20.3 Å². The molecular formula is C12H15BrFNOS. The van der Waals surface area contributed by atoms with Crippen LogP contribution in [-0.2, 0) is 11.4 Å². The molecular weight excluding hydrogens is 305 g/mol. The van der Waals surface area contributed by atoms with E-state index in [9.17, 15) is 8.94 Å². The van der Waals surface area contributed by atoms with E-state index in [-0.39, 0.29) is 5.82 Å². The van der Waals surface area contributed by atoms with Gasteiger partial charge in [-0.15, -0.1) is 0 Å². The van der Waals surface area contributed by atoms with Crippen LogP contribution in [0.2, 0.25) is 0 Å². The van der Waals surface area contributed by atoms with Crippen molar-refractivity contribution in [3.05, 3.63) is 33.5 Å². The highest BCUT2D eigenvalue weighted by Gasteiger charge is 2.25. The summed E-state index contributed by atoms with van der Waals surface area (Å²) in [5.74, 6) is -0.349. The van der Waals surface area contributed by atoms with E-state index in [1.54, 1.807) is 6.07 Å². The quantitative estimate of drug-likeness (QED) is 0.603. The Morgan fingerprint density at radius 3 is 2.53 bits per heavy atom. The van der Waals surface area contributed by atoms with E-state index in [0.717, 1.165) is 5.56 Å². The van der Waals surface area contributed by atoms with Gasteiger partial charge in [0, 0.05) is 5.56 Å². The molecule has 0 aromatic heterocycles. The average molecular weight is 320 g/mol. The standard InChI is InChI=1S/C12H15BrFNOS/c1-8-5-10(13)11(14)6-9(8)7-15-17(16)12(2,3)4/h5-7H,1-4H3/t17-/m0/s1. The number of benzene rings is 1. The zero-order valence-corrected chi connectivity index (χ0v) is 12.7. The van der Waals surface area contributed by atoms with Crippen molar-refractivity contribution in [3.63, 3.8) is 0 Å². The van der Waals surface area contributed by atoms with Crippen molar-refractivity contribution in [3.8, 4) is 0 Å². The number of rotatable bonds is 2. The molecule has 1 atom stereocenters. The van der Waals surface area contributed by atoms with Gasteiger partial charge in [-0.3, -0.25) is 0 Å². The van der Waals surface area contributed by atoms with Crippen molar-refractivity contribution in [1.29, 1.82) is 0 Å². The number of aryl methyl sites for hydroxylation is 1. The highest BCUT2D eigenvalue weighted by atomic mass is 79.9. The van der Waals surface area contributed by atoms with Crippen molar-refractivity contribution in [2.24, 2.45) is 4.40 Å². The first kappa shape index (κ1) is 14.7. The van der Waals surface area contributed by atoms with E-state index < -0.39 is 16.1 Å². The van der Waals surface area contributed by atoms with Gasteiger partial charge in [0.15, 0.2) is 0 Å². The molecule has 0 radical (unpaired) electrons. The van der Waals surface area contributed by atoms with Crippen LogP contribution in [0, 0.1) is 12.7 Å². The van der Waals surface area contributed by atoms with Gasteiger partial charge in [0.05, 0.1) is 10.7 Å². The highest BCUT2D eigenvalue weighted by Crippen LogP contribution is 2.21. The molecule has 0 aliphatic heterocycles. The second-order valence-electron chi connectivity index (χ2n) is 4.72. The molecule has 1 aromatic carbocycles. The lowest BCUT2D eigenvalue weighted by molar-refractivity contribution is 0.562. The maximum atomic E-state index is 13.3. The van der Waals surface area contributed by atoms with Crippen LogP contribution < -0.4 is 0 Å². The van der Waals surface area contributed by atoms with Crippen LogP contribution in [0.4, 0.5) is 4.39 Å². The third-order valence-corrected chi connectivity index (χ3v) is 4.07. The summed E-state index contributed by atoms with van der Waals surface area (Å²) in [7, 11) is 0. The van der Waals surface area contributed by atoms with Gasteiger partial charge in [0.25, 0.3) is 0 Å². The highest BCUT2D eigenvalue weighted by molar-refractivity contribution is 9.10. The molecule has 1 rings (SSSR count). The lowest BCUT2D eigenvalue weighted by Gasteiger charge is -2.17. The number of hydrogen-bond donors (Lipinski definition) is 0. The first-order valence-electron chi connectivity index (χ1n) is 5.13. The summed E-state index contributed by atoms with van der Waals surface area (Å²) >= 11 is 1.79. The molecule has 2 nitrogen and oxygen atoms in total. The maximum Gasteiger partial charge on any atom is 0.144 e. The number of hydrogen-bond acceptors (Lipinski definition) is 2. The van der Waals surface area contributed by atoms with Gasteiger partial charge in [-0.05, 0) is 61.3 Å². The van der Waals surface area contributed by atoms with Gasteiger partial charge >= 0.3 is 0 Å². The van der Waals surface area contributed by atoms with Gasteiger partial charge in [-0.2, -0.15) is 0 Å². The van der Waals surface area contributed by atoms with Crippen LogP contribution in [0.25, 0.3) is 0 Å². The minimum atomic E-state index is -1.32. The normalized spacial score (nSPS) is 14.3. The topological polar surface area (TPSA) is 35.4 Å². The average Bonchev–Trinajstić information content (AvgIpc) is 2.19. The monoisotopic (exact) mass is 319 g/mol.